The van der Waals surface area contributed by atoms with E-state index < -0.39 is 11.5 Å². The maximum absolute atomic E-state index is 12.8. The van der Waals surface area contributed by atoms with Crippen molar-refractivity contribution in [3.05, 3.63) is 57.0 Å². The highest BCUT2D eigenvalue weighted by molar-refractivity contribution is 7.20. The van der Waals surface area contributed by atoms with E-state index in [0.29, 0.717) is 15.9 Å². The first kappa shape index (κ1) is 18.9. The van der Waals surface area contributed by atoms with E-state index in [2.05, 4.69) is 27.2 Å². The lowest BCUT2D eigenvalue weighted by Gasteiger charge is -2.30. The molecule has 28 heavy (non-hydrogen) atoms. The van der Waals surface area contributed by atoms with Gasteiger partial charge in [-0.1, -0.05) is 42.0 Å². The second-order valence-corrected chi connectivity index (χ2v) is 8.43. The second kappa shape index (κ2) is 7.89. The molecule has 0 aliphatic carbocycles. The summed E-state index contributed by atoms with van der Waals surface area (Å²) in [6, 6.07) is 7.19. The first-order valence-corrected chi connectivity index (χ1v) is 10.4. The number of halogens is 1. The van der Waals surface area contributed by atoms with Gasteiger partial charge in [0.15, 0.2) is 0 Å². The Morgan fingerprint density at radius 2 is 2.29 bits per heavy atom. The molecule has 1 aromatic carbocycles. The van der Waals surface area contributed by atoms with Crippen LogP contribution < -0.4 is 15.8 Å². The first-order chi connectivity index (χ1) is 13.5. The molecule has 7 nitrogen and oxygen atoms in total. The van der Waals surface area contributed by atoms with E-state index in [0.717, 1.165) is 30.2 Å². The molecular formula is C19H20ClN5O2S. The predicted octanol–water partition coefficient (Wildman–Crippen LogP) is 2.97. The van der Waals surface area contributed by atoms with Crippen molar-refractivity contribution in [2.24, 2.45) is 5.92 Å². The highest BCUT2D eigenvalue weighted by Crippen LogP contribution is 2.26. The van der Waals surface area contributed by atoms with Crippen LogP contribution in [0, 0.1) is 5.92 Å². The van der Waals surface area contributed by atoms with Crippen LogP contribution in [0.15, 0.2) is 35.3 Å². The molecule has 1 fully saturated rings. The van der Waals surface area contributed by atoms with Crippen molar-refractivity contribution in [1.82, 2.24) is 19.9 Å². The van der Waals surface area contributed by atoms with Crippen LogP contribution in [0.25, 0.3) is 4.96 Å². The fourth-order valence-corrected chi connectivity index (χ4v) is 4.46. The average Bonchev–Trinajstić information content (AvgIpc) is 3.12. The van der Waals surface area contributed by atoms with E-state index in [4.69, 9.17) is 11.6 Å². The number of aromatic nitrogens is 3. The quantitative estimate of drug-likeness (QED) is 0.705. The smallest absolute Gasteiger partial charge is 0.288 e. The molecule has 1 saturated heterocycles. The van der Waals surface area contributed by atoms with E-state index in [1.54, 1.807) is 12.1 Å². The first-order valence-electron chi connectivity index (χ1n) is 9.18. The van der Waals surface area contributed by atoms with E-state index in [-0.39, 0.29) is 12.1 Å². The summed E-state index contributed by atoms with van der Waals surface area (Å²) >= 11 is 7.33. The van der Waals surface area contributed by atoms with Crippen LogP contribution in [0.4, 0.5) is 5.13 Å². The van der Waals surface area contributed by atoms with Crippen LogP contribution in [-0.2, 0) is 6.54 Å². The number of nitrogens with one attached hydrogen (secondary N) is 1. The largest absolute Gasteiger partial charge is 0.348 e. The molecule has 3 heterocycles. The van der Waals surface area contributed by atoms with Gasteiger partial charge in [-0.25, -0.2) is 4.98 Å². The van der Waals surface area contributed by atoms with Crippen molar-refractivity contribution in [2.45, 2.75) is 26.3 Å². The normalized spacial score (nSPS) is 17.1. The van der Waals surface area contributed by atoms with Crippen molar-refractivity contribution in [1.29, 1.82) is 0 Å². The number of piperidine rings is 1. The maximum Gasteiger partial charge on any atom is 0.288 e. The Hall–Kier alpha value is -2.45. The van der Waals surface area contributed by atoms with Crippen molar-refractivity contribution < 1.29 is 4.79 Å². The number of nitrogens with zero attached hydrogens (tertiary/aromatic N) is 4. The molecule has 3 aromatic rings. The van der Waals surface area contributed by atoms with Gasteiger partial charge >= 0.3 is 0 Å². The van der Waals surface area contributed by atoms with Crippen LogP contribution in [-0.4, -0.2) is 33.6 Å². The molecule has 1 N–H and O–H groups in total. The third-order valence-corrected chi connectivity index (χ3v) is 6.01. The molecular weight excluding hydrogens is 398 g/mol. The fourth-order valence-electron chi connectivity index (χ4n) is 3.35. The zero-order valence-electron chi connectivity index (χ0n) is 15.4. The second-order valence-electron chi connectivity index (χ2n) is 7.06. The topological polar surface area (TPSA) is 79.6 Å². The molecule has 1 atom stereocenters. The number of amides is 1. The summed E-state index contributed by atoms with van der Waals surface area (Å²) in [4.78, 5) is 32.2. The van der Waals surface area contributed by atoms with Gasteiger partial charge in [0.1, 0.15) is 5.56 Å². The number of hydrogen-bond donors (Lipinski definition) is 1. The zero-order valence-corrected chi connectivity index (χ0v) is 17.0. The van der Waals surface area contributed by atoms with Gasteiger partial charge in [0.05, 0.1) is 0 Å². The van der Waals surface area contributed by atoms with Gasteiger partial charge in [-0.05, 0) is 36.5 Å². The lowest BCUT2D eigenvalue weighted by Crippen LogP contribution is -2.34. The van der Waals surface area contributed by atoms with Gasteiger partial charge in [0.2, 0.25) is 10.1 Å². The van der Waals surface area contributed by atoms with Gasteiger partial charge < -0.3 is 10.2 Å². The molecule has 1 aliphatic rings. The Balaban J connectivity index is 1.55. The molecule has 0 spiro atoms. The number of carbonyl (C=O) groups excluding carboxylic acids is 1. The third-order valence-electron chi connectivity index (χ3n) is 4.79. The minimum atomic E-state index is -0.479. The number of hydrogen-bond acceptors (Lipinski definition) is 6. The Labute approximate surface area is 171 Å². The number of benzene rings is 1. The lowest BCUT2D eigenvalue weighted by atomic mass is 10.0. The van der Waals surface area contributed by atoms with Crippen molar-refractivity contribution in [2.75, 3.05) is 18.0 Å². The van der Waals surface area contributed by atoms with Crippen LogP contribution in [0.2, 0.25) is 5.02 Å². The van der Waals surface area contributed by atoms with Gasteiger partial charge in [-0.3, -0.25) is 9.59 Å². The van der Waals surface area contributed by atoms with E-state index in [1.165, 1.54) is 28.5 Å². The Kier molecular flexibility index (Phi) is 5.32. The van der Waals surface area contributed by atoms with Crippen LogP contribution in [0.3, 0.4) is 0 Å². The number of fused-ring (bicyclic) bond motifs is 1. The number of rotatable bonds is 4. The zero-order chi connectivity index (χ0) is 19.7. The third kappa shape index (κ3) is 3.88. The summed E-state index contributed by atoms with van der Waals surface area (Å²) in [6.07, 6.45) is 3.64. The molecule has 0 unspecified atom stereocenters. The molecule has 1 amide bonds. The summed E-state index contributed by atoms with van der Waals surface area (Å²) in [7, 11) is 0. The molecule has 2 aromatic heterocycles. The minimum absolute atomic E-state index is 0.0246. The molecule has 9 heteroatoms. The van der Waals surface area contributed by atoms with Gasteiger partial charge in [0.25, 0.3) is 11.5 Å². The Bertz CT molecular complexity index is 1080. The standard InChI is InChI=1S/C19H20ClN5O2S/c1-12-4-3-7-24(11-12)19-23-25-17(27)15(10-22-18(25)28-19)16(26)21-9-13-5-2-6-14(20)8-13/h2,5-6,8,10,12H,3-4,7,9,11H2,1H3,(H,21,26)/t12-/m1/s1. The van der Waals surface area contributed by atoms with Crippen LogP contribution >= 0.6 is 22.9 Å². The number of carbonyl (C=O) groups is 1. The molecule has 0 bridgehead atoms. The number of anilines is 1. The van der Waals surface area contributed by atoms with Crippen molar-refractivity contribution in [3.8, 4) is 0 Å². The lowest BCUT2D eigenvalue weighted by molar-refractivity contribution is 0.0948. The maximum atomic E-state index is 12.8. The summed E-state index contributed by atoms with van der Waals surface area (Å²) in [5, 5.41) is 8.54. The van der Waals surface area contributed by atoms with Gasteiger partial charge in [0, 0.05) is 30.9 Å². The fraction of sp³-hybridized carbons (Fsp3) is 0.368. The SMILES string of the molecule is C[C@@H]1CCCN(c2nn3c(=O)c(C(=O)NCc4cccc(Cl)c4)cnc3s2)C1. The van der Waals surface area contributed by atoms with Crippen molar-refractivity contribution in [3.63, 3.8) is 0 Å². The highest BCUT2D eigenvalue weighted by Gasteiger charge is 2.22. The van der Waals surface area contributed by atoms with Crippen LogP contribution in [0.1, 0.15) is 35.7 Å². The predicted molar refractivity (Wildman–Crippen MR) is 110 cm³/mol. The highest BCUT2D eigenvalue weighted by atomic mass is 35.5. The Morgan fingerprint density at radius 3 is 3.07 bits per heavy atom. The molecule has 0 radical (unpaired) electrons. The Morgan fingerprint density at radius 1 is 1.43 bits per heavy atom. The summed E-state index contributed by atoms with van der Waals surface area (Å²) < 4.78 is 1.23. The van der Waals surface area contributed by atoms with E-state index in [9.17, 15) is 9.59 Å². The molecule has 1 aliphatic heterocycles. The van der Waals surface area contributed by atoms with Crippen LogP contribution in [0.5, 0.6) is 0 Å². The summed E-state index contributed by atoms with van der Waals surface area (Å²) in [6.45, 7) is 4.33. The minimum Gasteiger partial charge on any atom is -0.348 e. The average molecular weight is 418 g/mol. The molecule has 0 saturated carbocycles. The molecule has 4 rings (SSSR count). The summed E-state index contributed by atoms with van der Waals surface area (Å²) in [5.41, 5.74) is 0.370. The molecule has 146 valence electrons. The van der Waals surface area contributed by atoms with Gasteiger partial charge in [-0.15, -0.1) is 5.10 Å². The van der Waals surface area contributed by atoms with Crippen molar-refractivity contribution >= 4 is 38.9 Å². The summed E-state index contributed by atoms with van der Waals surface area (Å²) in [5.74, 6) is 0.117. The van der Waals surface area contributed by atoms with E-state index in [1.807, 2.05) is 12.1 Å². The van der Waals surface area contributed by atoms with Gasteiger partial charge in [-0.2, -0.15) is 4.52 Å². The monoisotopic (exact) mass is 417 g/mol. The van der Waals surface area contributed by atoms with E-state index >= 15 is 0 Å².